The van der Waals surface area contributed by atoms with Crippen molar-refractivity contribution in [1.29, 1.82) is 0 Å². The Morgan fingerprint density at radius 1 is 1.07 bits per heavy atom. The Morgan fingerprint density at radius 3 is 2.39 bits per heavy atom. The monoisotopic (exact) mass is 379 g/mol. The molecule has 0 atom stereocenters. The Kier molecular flexibility index (Phi) is 4.72. The lowest BCUT2D eigenvalue weighted by atomic mass is 10.1. The molecule has 1 saturated heterocycles. The lowest BCUT2D eigenvalue weighted by molar-refractivity contribution is 0.0664. The summed E-state index contributed by atoms with van der Waals surface area (Å²) in [5.74, 6) is 1.22. The number of likely N-dealkylation sites (N-methyl/N-ethyl adjacent to an activating group) is 1. The van der Waals surface area contributed by atoms with E-state index in [0.29, 0.717) is 16.9 Å². The van der Waals surface area contributed by atoms with E-state index in [1.165, 1.54) is 6.33 Å². The van der Waals surface area contributed by atoms with Gasteiger partial charge in [0.1, 0.15) is 12.2 Å². The molecule has 1 aliphatic rings. The maximum atomic E-state index is 12.8. The summed E-state index contributed by atoms with van der Waals surface area (Å²) in [7, 11) is 2.08. The van der Waals surface area contributed by atoms with Crippen molar-refractivity contribution in [1.82, 2.24) is 29.3 Å². The van der Waals surface area contributed by atoms with Crippen LogP contribution in [-0.2, 0) is 0 Å². The number of fused-ring (bicyclic) bond motifs is 1. The Hall–Kier alpha value is -3.00. The lowest BCUT2D eigenvalue weighted by Crippen LogP contribution is -2.47. The number of amides is 1. The van der Waals surface area contributed by atoms with Crippen molar-refractivity contribution in [2.45, 2.75) is 19.9 Å². The predicted molar refractivity (Wildman–Crippen MR) is 109 cm³/mol. The molecule has 0 spiro atoms. The Morgan fingerprint density at radius 2 is 1.75 bits per heavy atom. The molecule has 0 bridgehead atoms. The first kappa shape index (κ1) is 18.4. The van der Waals surface area contributed by atoms with Gasteiger partial charge in [0.2, 0.25) is 0 Å². The molecule has 0 radical (unpaired) electrons. The second-order valence-electron chi connectivity index (χ2n) is 7.50. The highest BCUT2D eigenvalue weighted by molar-refractivity contribution is 5.95. The molecule has 28 heavy (non-hydrogen) atoms. The van der Waals surface area contributed by atoms with Gasteiger partial charge in [-0.2, -0.15) is 0 Å². The Balaban J connectivity index is 1.67. The summed E-state index contributed by atoms with van der Waals surface area (Å²) in [6.45, 7) is 7.49. The van der Waals surface area contributed by atoms with Gasteiger partial charge in [-0.15, -0.1) is 0 Å². The molecule has 3 aromatic rings. The third-order valence-electron chi connectivity index (χ3n) is 5.20. The number of aromatic nitrogens is 4. The fourth-order valence-electron chi connectivity index (χ4n) is 3.57. The fourth-order valence-corrected chi connectivity index (χ4v) is 3.57. The number of carbonyl (C=O) groups excluding carboxylic acids is 1. The summed E-state index contributed by atoms with van der Waals surface area (Å²) < 4.78 is 2.05. The van der Waals surface area contributed by atoms with E-state index < -0.39 is 0 Å². The number of anilines is 1. The maximum absolute atomic E-state index is 12.8. The summed E-state index contributed by atoms with van der Waals surface area (Å²) in [5, 5.41) is 0. The van der Waals surface area contributed by atoms with E-state index in [2.05, 4.69) is 40.7 Å². The van der Waals surface area contributed by atoms with Crippen LogP contribution >= 0.6 is 0 Å². The van der Waals surface area contributed by atoms with E-state index in [4.69, 9.17) is 5.73 Å². The molecule has 1 fully saturated rings. The van der Waals surface area contributed by atoms with Gasteiger partial charge in [0.05, 0.1) is 0 Å². The topological polar surface area (TPSA) is 93.2 Å². The quantitative estimate of drug-likeness (QED) is 0.749. The first-order valence-corrected chi connectivity index (χ1v) is 9.52. The molecule has 2 N–H and O–H groups in total. The van der Waals surface area contributed by atoms with Crippen molar-refractivity contribution >= 4 is 22.9 Å². The summed E-state index contributed by atoms with van der Waals surface area (Å²) in [4.78, 5) is 30.0. The highest BCUT2D eigenvalue weighted by Gasteiger charge is 2.21. The molecule has 1 aliphatic heterocycles. The first-order chi connectivity index (χ1) is 13.5. The van der Waals surface area contributed by atoms with E-state index in [1.807, 2.05) is 33.7 Å². The van der Waals surface area contributed by atoms with Gasteiger partial charge in [0.25, 0.3) is 5.91 Å². The van der Waals surface area contributed by atoms with Crippen molar-refractivity contribution in [3.05, 3.63) is 36.2 Å². The molecule has 1 aromatic carbocycles. The van der Waals surface area contributed by atoms with Crippen LogP contribution in [0.3, 0.4) is 0 Å². The average Bonchev–Trinajstić information content (AvgIpc) is 3.09. The minimum atomic E-state index is 0.0760. The molecule has 0 saturated carbocycles. The van der Waals surface area contributed by atoms with Crippen LogP contribution < -0.4 is 5.73 Å². The van der Waals surface area contributed by atoms with Crippen LogP contribution in [0.5, 0.6) is 0 Å². The third-order valence-corrected chi connectivity index (χ3v) is 5.20. The van der Waals surface area contributed by atoms with Crippen LogP contribution in [0.4, 0.5) is 5.82 Å². The molecule has 0 unspecified atom stereocenters. The van der Waals surface area contributed by atoms with E-state index in [1.54, 1.807) is 0 Å². The zero-order valence-electron chi connectivity index (χ0n) is 16.5. The van der Waals surface area contributed by atoms with Gasteiger partial charge < -0.3 is 20.1 Å². The standard InChI is InChI=1S/C20H25N7O/c1-13(2)27-18(24-16-17(21)22-12-23-19(16)27)14-4-6-15(7-5-14)20(28)26-10-8-25(3)9-11-26/h4-7,12-13H,8-11H2,1-3H3,(H2,21,22,23). The normalized spacial score (nSPS) is 15.5. The zero-order valence-corrected chi connectivity index (χ0v) is 16.5. The largest absolute Gasteiger partial charge is 0.382 e. The van der Waals surface area contributed by atoms with E-state index in [-0.39, 0.29) is 11.9 Å². The molecule has 8 heteroatoms. The van der Waals surface area contributed by atoms with Crippen LogP contribution in [0, 0.1) is 0 Å². The van der Waals surface area contributed by atoms with Gasteiger partial charge in [-0.1, -0.05) is 12.1 Å². The van der Waals surface area contributed by atoms with Gasteiger partial charge in [-0.25, -0.2) is 15.0 Å². The summed E-state index contributed by atoms with van der Waals surface area (Å²) in [6, 6.07) is 7.77. The molecular formula is C20H25N7O. The zero-order chi connectivity index (χ0) is 19.8. The summed E-state index contributed by atoms with van der Waals surface area (Å²) in [6.07, 6.45) is 1.46. The summed E-state index contributed by atoms with van der Waals surface area (Å²) in [5.41, 5.74) is 8.92. The molecule has 4 rings (SSSR count). The third kappa shape index (κ3) is 3.20. The second kappa shape index (κ2) is 7.20. The molecule has 2 aromatic heterocycles. The molecule has 1 amide bonds. The van der Waals surface area contributed by atoms with Crippen molar-refractivity contribution in [3.8, 4) is 11.4 Å². The van der Waals surface area contributed by atoms with Crippen LogP contribution in [0.25, 0.3) is 22.6 Å². The number of piperazine rings is 1. The minimum absolute atomic E-state index is 0.0760. The number of nitrogen functional groups attached to an aromatic ring is 1. The lowest BCUT2D eigenvalue weighted by Gasteiger charge is -2.32. The number of hydrogen-bond donors (Lipinski definition) is 1. The number of hydrogen-bond acceptors (Lipinski definition) is 6. The van der Waals surface area contributed by atoms with Crippen molar-refractivity contribution in [3.63, 3.8) is 0 Å². The van der Waals surface area contributed by atoms with E-state index in [9.17, 15) is 4.79 Å². The van der Waals surface area contributed by atoms with Gasteiger partial charge in [0.15, 0.2) is 17.0 Å². The molecule has 146 valence electrons. The number of nitrogens with two attached hydrogens (primary N) is 1. The number of carbonyl (C=O) groups is 1. The highest BCUT2D eigenvalue weighted by Crippen LogP contribution is 2.29. The van der Waals surface area contributed by atoms with Crippen LogP contribution in [-0.4, -0.2) is 68.5 Å². The molecule has 8 nitrogen and oxygen atoms in total. The van der Waals surface area contributed by atoms with Gasteiger partial charge in [-0.3, -0.25) is 4.79 Å². The number of benzene rings is 1. The molecular weight excluding hydrogens is 354 g/mol. The van der Waals surface area contributed by atoms with Crippen LogP contribution in [0.15, 0.2) is 30.6 Å². The smallest absolute Gasteiger partial charge is 0.253 e. The van der Waals surface area contributed by atoms with Gasteiger partial charge in [-0.05, 0) is 33.0 Å². The molecule has 0 aliphatic carbocycles. The maximum Gasteiger partial charge on any atom is 0.253 e. The van der Waals surface area contributed by atoms with Crippen LogP contribution in [0.1, 0.15) is 30.2 Å². The number of rotatable bonds is 3. The average molecular weight is 379 g/mol. The Bertz CT molecular complexity index is 1000. The predicted octanol–water partition coefficient (Wildman–Crippen LogP) is 2.04. The van der Waals surface area contributed by atoms with Crippen molar-refractivity contribution < 1.29 is 4.79 Å². The minimum Gasteiger partial charge on any atom is -0.382 e. The van der Waals surface area contributed by atoms with Crippen molar-refractivity contribution in [2.24, 2.45) is 0 Å². The Labute approximate surface area is 164 Å². The summed E-state index contributed by atoms with van der Waals surface area (Å²) >= 11 is 0. The SMILES string of the molecule is CC(C)n1c(-c2ccc(C(=O)N3CCN(C)CC3)cc2)nc2c(N)ncnc21. The molecule has 3 heterocycles. The van der Waals surface area contributed by atoms with Gasteiger partial charge >= 0.3 is 0 Å². The number of nitrogens with zero attached hydrogens (tertiary/aromatic N) is 6. The van der Waals surface area contributed by atoms with Crippen LogP contribution in [0.2, 0.25) is 0 Å². The van der Waals surface area contributed by atoms with Crippen molar-refractivity contribution in [2.75, 3.05) is 39.0 Å². The second-order valence-corrected chi connectivity index (χ2v) is 7.50. The fraction of sp³-hybridized carbons (Fsp3) is 0.400. The van der Waals surface area contributed by atoms with E-state index >= 15 is 0 Å². The first-order valence-electron chi connectivity index (χ1n) is 9.52. The number of imidazole rings is 1. The highest BCUT2D eigenvalue weighted by atomic mass is 16.2. The van der Waals surface area contributed by atoms with Gasteiger partial charge in [0, 0.05) is 43.3 Å². The van der Waals surface area contributed by atoms with E-state index in [0.717, 1.165) is 43.2 Å².